The van der Waals surface area contributed by atoms with Gasteiger partial charge in [-0.3, -0.25) is 0 Å². The van der Waals surface area contributed by atoms with Crippen LogP contribution < -0.4 is 5.76 Å². The lowest BCUT2D eigenvalue weighted by molar-refractivity contribution is 0.360. The number of aryl methyl sites for hydroxylation is 1. The monoisotopic (exact) mass is 338 g/mol. The number of furan rings is 1. The number of hydrogen-bond donors (Lipinski definition) is 0. The van der Waals surface area contributed by atoms with E-state index in [1.807, 2.05) is 24.3 Å². The summed E-state index contributed by atoms with van der Waals surface area (Å²) < 4.78 is 16.5. The molecule has 0 N–H and O–H groups in total. The number of hydrogen-bond acceptors (Lipinski definition) is 7. The quantitative estimate of drug-likeness (QED) is 0.551. The zero-order valence-electron chi connectivity index (χ0n) is 13.4. The number of rotatable bonds is 5. The molecule has 8 nitrogen and oxygen atoms in total. The van der Waals surface area contributed by atoms with Crippen molar-refractivity contribution in [3.05, 3.63) is 64.7 Å². The van der Waals surface area contributed by atoms with Gasteiger partial charge in [0, 0.05) is 5.56 Å². The van der Waals surface area contributed by atoms with Crippen molar-refractivity contribution < 1.29 is 13.4 Å². The van der Waals surface area contributed by atoms with Crippen molar-refractivity contribution in [2.45, 2.75) is 19.9 Å². The predicted molar refractivity (Wildman–Crippen MR) is 86.7 cm³/mol. The first-order valence-electron chi connectivity index (χ1n) is 7.76. The standard InChI is InChI=1S/C17H14N4O4/c1-2-11-5-7-12(8-6-11)15-18-14(25-20-15)10-21-17(22)24-16(19-21)13-4-3-9-23-13/h3-9H,2,10H2,1H3. The first-order valence-corrected chi connectivity index (χ1v) is 7.76. The number of nitrogens with zero attached hydrogens (tertiary/aromatic N) is 4. The van der Waals surface area contributed by atoms with E-state index in [9.17, 15) is 4.79 Å². The van der Waals surface area contributed by atoms with E-state index in [1.54, 1.807) is 12.1 Å². The lowest BCUT2D eigenvalue weighted by atomic mass is 10.1. The Labute approximate surface area is 141 Å². The average Bonchev–Trinajstić information content (AvgIpc) is 3.37. The Morgan fingerprint density at radius 1 is 1.16 bits per heavy atom. The molecule has 0 aliphatic carbocycles. The van der Waals surface area contributed by atoms with E-state index in [0.29, 0.717) is 11.6 Å². The van der Waals surface area contributed by atoms with Crippen LogP contribution in [-0.4, -0.2) is 19.9 Å². The van der Waals surface area contributed by atoms with E-state index in [2.05, 4.69) is 22.2 Å². The average molecular weight is 338 g/mol. The summed E-state index contributed by atoms with van der Waals surface area (Å²) >= 11 is 0. The molecule has 0 atom stereocenters. The van der Waals surface area contributed by atoms with Crippen molar-refractivity contribution >= 4 is 0 Å². The van der Waals surface area contributed by atoms with E-state index in [4.69, 9.17) is 13.4 Å². The van der Waals surface area contributed by atoms with Gasteiger partial charge in [-0.1, -0.05) is 36.3 Å². The summed E-state index contributed by atoms with van der Waals surface area (Å²) in [6, 6.07) is 11.2. The summed E-state index contributed by atoms with van der Waals surface area (Å²) in [6.07, 6.45) is 2.44. The van der Waals surface area contributed by atoms with Crippen LogP contribution in [0.25, 0.3) is 23.0 Å². The van der Waals surface area contributed by atoms with Gasteiger partial charge < -0.3 is 13.4 Å². The van der Waals surface area contributed by atoms with Crippen LogP contribution in [0.1, 0.15) is 18.4 Å². The van der Waals surface area contributed by atoms with Gasteiger partial charge in [0.15, 0.2) is 5.76 Å². The molecule has 3 aromatic heterocycles. The van der Waals surface area contributed by atoms with Gasteiger partial charge in [-0.05, 0) is 24.1 Å². The summed E-state index contributed by atoms with van der Waals surface area (Å²) in [5.41, 5.74) is 2.07. The molecule has 0 amide bonds. The van der Waals surface area contributed by atoms with Gasteiger partial charge in [-0.25, -0.2) is 4.79 Å². The molecule has 8 heteroatoms. The van der Waals surface area contributed by atoms with E-state index < -0.39 is 5.76 Å². The molecule has 0 aliphatic rings. The summed E-state index contributed by atoms with van der Waals surface area (Å²) in [6.45, 7) is 2.11. The highest BCUT2D eigenvalue weighted by molar-refractivity contribution is 5.54. The molecule has 0 fully saturated rings. The zero-order valence-corrected chi connectivity index (χ0v) is 13.4. The molecular formula is C17H14N4O4. The van der Waals surface area contributed by atoms with Gasteiger partial charge in [0.1, 0.15) is 6.54 Å². The highest BCUT2D eigenvalue weighted by Crippen LogP contribution is 2.18. The molecule has 0 unspecified atom stereocenters. The minimum absolute atomic E-state index is 0.0169. The van der Waals surface area contributed by atoms with Crippen LogP contribution >= 0.6 is 0 Å². The van der Waals surface area contributed by atoms with Crippen LogP contribution in [0, 0.1) is 0 Å². The maximum atomic E-state index is 11.9. The van der Waals surface area contributed by atoms with Gasteiger partial charge in [-0.2, -0.15) is 9.67 Å². The molecule has 0 spiro atoms. The van der Waals surface area contributed by atoms with Crippen molar-refractivity contribution in [2.24, 2.45) is 0 Å². The Kier molecular flexibility index (Phi) is 3.77. The second-order valence-electron chi connectivity index (χ2n) is 5.37. The first-order chi connectivity index (χ1) is 12.2. The summed E-state index contributed by atoms with van der Waals surface area (Å²) in [4.78, 5) is 16.2. The van der Waals surface area contributed by atoms with Crippen molar-refractivity contribution in [1.29, 1.82) is 0 Å². The molecule has 1 aromatic carbocycles. The van der Waals surface area contributed by atoms with Crippen LogP contribution in [0.2, 0.25) is 0 Å². The lowest BCUT2D eigenvalue weighted by Crippen LogP contribution is -2.16. The fourth-order valence-electron chi connectivity index (χ4n) is 2.36. The molecule has 0 radical (unpaired) electrons. The van der Waals surface area contributed by atoms with E-state index in [-0.39, 0.29) is 18.3 Å². The van der Waals surface area contributed by atoms with Gasteiger partial charge >= 0.3 is 5.76 Å². The van der Waals surface area contributed by atoms with Gasteiger partial charge in [-0.15, -0.1) is 5.10 Å². The Morgan fingerprint density at radius 3 is 2.72 bits per heavy atom. The summed E-state index contributed by atoms with van der Waals surface area (Å²) in [5, 5.41) is 8.01. The van der Waals surface area contributed by atoms with E-state index in [1.165, 1.54) is 11.8 Å². The maximum Gasteiger partial charge on any atom is 0.437 e. The van der Waals surface area contributed by atoms with Crippen LogP contribution in [0.15, 0.2) is 60.8 Å². The molecule has 0 saturated heterocycles. The Morgan fingerprint density at radius 2 is 2.00 bits per heavy atom. The topological polar surface area (TPSA) is 100 Å². The van der Waals surface area contributed by atoms with Crippen molar-refractivity contribution in [1.82, 2.24) is 19.9 Å². The third-order valence-corrected chi connectivity index (χ3v) is 3.71. The zero-order chi connectivity index (χ0) is 17.2. The lowest BCUT2D eigenvalue weighted by Gasteiger charge is -1.97. The van der Waals surface area contributed by atoms with Gasteiger partial charge in [0.25, 0.3) is 5.89 Å². The summed E-state index contributed by atoms with van der Waals surface area (Å²) in [7, 11) is 0. The van der Waals surface area contributed by atoms with Crippen LogP contribution in [0.3, 0.4) is 0 Å². The fraction of sp³-hybridized carbons (Fsp3) is 0.176. The third-order valence-electron chi connectivity index (χ3n) is 3.71. The Hall–Kier alpha value is -3.42. The number of aromatic nitrogens is 4. The minimum atomic E-state index is -0.626. The fourth-order valence-corrected chi connectivity index (χ4v) is 2.36. The third kappa shape index (κ3) is 3.01. The Bertz CT molecular complexity index is 1030. The molecular weight excluding hydrogens is 324 g/mol. The maximum absolute atomic E-state index is 11.9. The summed E-state index contributed by atoms with van der Waals surface area (Å²) in [5.74, 6) is 0.567. The van der Waals surface area contributed by atoms with Crippen LogP contribution in [0.4, 0.5) is 0 Å². The van der Waals surface area contributed by atoms with E-state index in [0.717, 1.165) is 16.7 Å². The normalized spacial score (nSPS) is 11.1. The van der Waals surface area contributed by atoms with Gasteiger partial charge in [0.2, 0.25) is 11.7 Å². The molecule has 126 valence electrons. The van der Waals surface area contributed by atoms with Crippen molar-refractivity contribution in [3.63, 3.8) is 0 Å². The molecule has 4 aromatic rings. The second kappa shape index (κ2) is 6.23. The molecule has 4 rings (SSSR count). The van der Waals surface area contributed by atoms with E-state index >= 15 is 0 Å². The number of benzene rings is 1. The molecule has 0 bridgehead atoms. The van der Waals surface area contributed by atoms with Crippen LogP contribution in [-0.2, 0) is 13.0 Å². The SMILES string of the molecule is CCc1ccc(-c2noc(Cn3nc(-c4ccco4)oc3=O)n2)cc1. The molecule has 25 heavy (non-hydrogen) atoms. The smallest absolute Gasteiger partial charge is 0.437 e. The minimum Gasteiger partial charge on any atom is -0.459 e. The van der Waals surface area contributed by atoms with Crippen molar-refractivity contribution in [2.75, 3.05) is 0 Å². The highest BCUT2D eigenvalue weighted by Gasteiger charge is 2.16. The van der Waals surface area contributed by atoms with Crippen molar-refractivity contribution in [3.8, 4) is 23.0 Å². The second-order valence-corrected chi connectivity index (χ2v) is 5.37. The Balaban J connectivity index is 1.56. The highest BCUT2D eigenvalue weighted by atomic mass is 16.5. The molecule has 3 heterocycles. The van der Waals surface area contributed by atoms with Gasteiger partial charge in [0.05, 0.1) is 6.26 Å². The molecule has 0 aliphatic heterocycles. The largest absolute Gasteiger partial charge is 0.459 e. The first kappa shape index (κ1) is 15.1. The molecule has 0 saturated carbocycles. The van der Waals surface area contributed by atoms with Crippen LogP contribution in [0.5, 0.6) is 0 Å². The predicted octanol–water partition coefficient (Wildman–Crippen LogP) is 2.76.